The third kappa shape index (κ3) is 6.04. The van der Waals surface area contributed by atoms with E-state index in [9.17, 15) is 4.39 Å². The van der Waals surface area contributed by atoms with Gasteiger partial charge in [-0.05, 0) is 31.4 Å². The van der Waals surface area contributed by atoms with Crippen molar-refractivity contribution >= 4 is 17.7 Å². The van der Waals surface area contributed by atoms with Crippen LogP contribution in [0.4, 0.5) is 4.39 Å². The van der Waals surface area contributed by atoms with Crippen molar-refractivity contribution in [1.29, 1.82) is 0 Å². The number of hydrogen-bond donors (Lipinski definition) is 2. The zero-order valence-corrected chi connectivity index (χ0v) is 15.7. The van der Waals surface area contributed by atoms with Gasteiger partial charge in [-0.3, -0.25) is 0 Å². The number of aromatic nitrogens is 3. The second-order valence-electron chi connectivity index (χ2n) is 5.61. The fraction of sp³-hybridized carbons (Fsp3) is 0.471. The molecule has 0 radical (unpaired) electrons. The largest absolute Gasteiger partial charge is 0.356 e. The van der Waals surface area contributed by atoms with Crippen molar-refractivity contribution in [3.8, 4) is 0 Å². The van der Waals surface area contributed by atoms with Gasteiger partial charge in [-0.1, -0.05) is 18.2 Å². The first kappa shape index (κ1) is 19.2. The number of aliphatic imine (C=N–C) groups is 1. The molecule has 0 aliphatic heterocycles. The van der Waals surface area contributed by atoms with E-state index in [-0.39, 0.29) is 12.4 Å². The molecule has 25 heavy (non-hydrogen) atoms. The monoisotopic (exact) mass is 364 g/mol. The van der Waals surface area contributed by atoms with Crippen molar-refractivity contribution < 1.29 is 4.39 Å². The Morgan fingerprint density at radius 1 is 1.28 bits per heavy atom. The molecular weight excluding hydrogens is 339 g/mol. The average Bonchev–Trinajstić information content (AvgIpc) is 2.93. The normalized spacial score (nSPS) is 11.6. The molecule has 0 unspecified atom stereocenters. The van der Waals surface area contributed by atoms with Gasteiger partial charge in [0.15, 0.2) is 11.8 Å². The SMILES string of the molecule is CSCCCNC(=NCc1ccccc1F)NCc1nnc(C)n1C. The highest BCUT2D eigenvalue weighted by atomic mass is 32.2. The summed E-state index contributed by atoms with van der Waals surface area (Å²) in [6, 6.07) is 6.69. The molecular formula is C17H25FN6S. The average molecular weight is 364 g/mol. The maximum Gasteiger partial charge on any atom is 0.191 e. The molecule has 0 saturated heterocycles. The van der Waals surface area contributed by atoms with E-state index < -0.39 is 0 Å². The van der Waals surface area contributed by atoms with E-state index in [2.05, 4.69) is 32.1 Å². The number of hydrogen-bond acceptors (Lipinski definition) is 4. The molecule has 136 valence electrons. The molecule has 2 rings (SSSR count). The summed E-state index contributed by atoms with van der Waals surface area (Å²) in [6.45, 7) is 3.50. The number of halogens is 1. The molecule has 2 aromatic rings. The lowest BCUT2D eigenvalue weighted by molar-refractivity contribution is 0.610. The number of rotatable bonds is 8. The van der Waals surface area contributed by atoms with Crippen LogP contribution in [-0.4, -0.2) is 39.3 Å². The Kier molecular flexibility index (Phi) is 7.72. The molecule has 1 aromatic heterocycles. The van der Waals surface area contributed by atoms with Gasteiger partial charge in [0.05, 0.1) is 13.1 Å². The molecule has 0 aliphatic rings. The summed E-state index contributed by atoms with van der Waals surface area (Å²) in [7, 11) is 1.93. The summed E-state index contributed by atoms with van der Waals surface area (Å²) in [4.78, 5) is 4.49. The van der Waals surface area contributed by atoms with Crippen LogP contribution in [0.1, 0.15) is 23.6 Å². The fourth-order valence-electron chi connectivity index (χ4n) is 2.16. The van der Waals surface area contributed by atoms with Crippen molar-refractivity contribution in [3.05, 3.63) is 47.3 Å². The lowest BCUT2D eigenvalue weighted by Crippen LogP contribution is -2.38. The summed E-state index contributed by atoms with van der Waals surface area (Å²) < 4.78 is 15.7. The van der Waals surface area contributed by atoms with Gasteiger partial charge in [-0.15, -0.1) is 10.2 Å². The van der Waals surface area contributed by atoms with Crippen molar-refractivity contribution in [2.75, 3.05) is 18.6 Å². The molecule has 1 aromatic carbocycles. The topological polar surface area (TPSA) is 67.1 Å². The highest BCUT2D eigenvalue weighted by Crippen LogP contribution is 2.07. The molecule has 0 bridgehead atoms. The summed E-state index contributed by atoms with van der Waals surface area (Å²) in [5.41, 5.74) is 0.571. The van der Waals surface area contributed by atoms with Crippen molar-refractivity contribution in [2.24, 2.45) is 12.0 Å². The predicted molar refractivity (Wildman–Crippen MR) is 101 cm³/mol. The molecule has 0 amide bonds. The van der Waals surface area contributed by atoms with E-state index in [1.807, 2.05) is 36.4 Å². The lowest BCUT2D eigenvalue weighted by Gasteiger charge is -2.12. The van der Waals surface area contributed by atoms with Gasteiger partial charge in [0.2, 0.25) is 0 Å². The van der Waals surface area contributed by atoms with Crippen molar-refractivity contribution in [1.82, 2.24) is 25.4 Å². The van der Waals surface area contributed by atoms with Crippen molar-refractivity contribution in [2.45, 2.75) is 26.4 Å². The van der Waals surface area contributed by atoms with Crippen LogP contribution in [0.3, 0.4) is 0 Å². The molecule has 8 heteroatoms. The second kappa shape index (κ2) is 10.0. The van der Waals surface area contributed by atoms with Crippen LogP contribution in [0.5, 0.6) is 0 Å². The smallest absolute Gasteiger partial charge is 0.191 e. The van der Waals surface area contributed by atoms with E-state index in [1.165, 1.54) is 6.07 Å². The first-order valence-electron chi connectivity index (χ1n) is 8.21. The van der Waals surface area contributed by atoms with Gasteiger partial charge in [0, 0.05) is 19.2 Å². The zero-order chi connectivity index (χ0) is 18.1. The Balaban J connectivity index is 1.99. The first-order valence-corrected chi connectivity index (χ1v) is 9.60. The van der Waals surface area contributed by atoms with Crippen LogP contribution in [0.2, 0.25) is 0 Å². The van der Waals surface area contributed by atoms with E-state index in [1.54, 1.807) is 12.1 Å². The minimum Gasteiger partial charge on any atom is -0.356 e. The number of nitrogens with one attached hydrogen (secondary N) is 2. The molecule has 1 heterocycles. The van der Waals surface area contributed by atoms with E-state index in [0.717, 1.165) is 30.4 Å². The number of benzene rings is 1. The molecule has 6 nitrogen and oxygen atoms in total. The Morgan fingerprint density at radius 3 is 2.76 bits per heavy atom. The molecule has 0 aliphatic carbocycles. The highest BCUT2D eigenvalue weighted by Gasteiger charge is 2.07. The summed E-state index contributed by atoms with van der Waals surface area (Å²) in [6.07, 6.45) is 3.12. The Bertz CT molecular complexity index is 700. The minimum absolute atomic E-state index is 0.239. The maximum atomic E-state index is 13.8. The number of guanidine groups is 1. The van der Waals surface area contributed by atoms with Crippen LogP contribution in [0.25, 0.3) is 0 Å². The number of aryl methyl sites for hydroxylation is 1. The maximum absolute atomic E-state index is 13.8. The number of nitrogens with zero attached hydrogens (tertiary/aromatic N) is 4. The quantitative estimate of drug-likeness (QED) is 0.427. The molecule has 0 atom stereocenters. The van der Waals surface area contributed by atoms with Crippen LogP contribution in [0, 0.1) is 12.7 Å². The third-order valence-corrected chi connectivity index (χ3v) is 4.48. The minimum atomic E-state index is -0.239. The first-order chi connectivity index (χ1) is 12.1. The van der Waals surface area contributed by atoms with Crippen LogP contribution in [0.15, 0.2) is 29.3 Å². The second-order valence-corrected chi connectivity index (χ2v) is 6.59. The Hall–Kier alpha value is -2.09. The zero-order valence-electron chi connectivity index (χ0n) is 14.9. The van der Waals surface area contributed by atoms with E-state index in [4.69, 9.17) is 0 Å². The fourth-order valence-corrected chi connectivity index (χ4v) is 2.59. The third-order valence-electron chi connectivity index (χ3n) is 3.78. The van der Waals surface area contributed by atoms with Gasteiger partial charge in [-0.2, -0.15) is 11.8 Å². The van der Waals surface area contributed by atoms with Gasteiger partial charge >= 0.3 is 0 Å². The van der Waals surface area contributed by atoms with Gasteiger partial charge in [0.1, 0.15) is 11.6 Å². The van der Waals surface area contributed by atoms with Gasteiger partial charge in [0.25, 0.3) is 0 Å². The van der Waals surface area contributed by atoms with Gasteiger partial charge < -0.3 is 15.2 Å². The highest BCUT2D eigenvalue weighted by molar-refractivity contribution is 7.98. The Labute approximate surface area is 152 Å². The molecule has 0 saturated carbocycles. The van der Waals surface area contributed by atoms with Crippen LogP contribution >= 0.6 is 11.8 Å². The van der Waals surface area contributed by atoms with E-state index >= 15 is 0 Å². The molecule has 0 spiro atoms. The lowest BCUT2D eigenvalue weighted by atomic mass is 10.2. The molecule has 0 fully saturated rings. The predicted octanol–water partition coefficient (Wildman–Crippen LogP) is 2.25. The number of thioether (sulfide) groups is 1. The van der Waals surface area contributed by atoms with Crippen LogP contribution < -0.4 is 10.6 Å². The van der Waals surface area contributed by atoms with E-state index in [0.29, 0.717) is 18.1 Å². The summed E-state index contributed by atoms with van der Waals surface area (Å²) in [5, 5.41) is 14.7. The Morgan fingerprint density at radius 2 is 2.08 bits per heavy atom. The molecule has 2 N–H and O–H groups in total. The van der Waals surface area contributed by atoms with Gasteiger partial charge in [-0.25, -0.2) is 9.38 Å². The standard InChI is InChI=1S/C17H25FN6S/c1-13-22-23-16(24(13)2)12-21-17(19-9-6-10-25-3)20-11-14-7-4-5-8-15(14)18/h4-5,7-8H,6,9-12H2,1-3H3,(H2,19,20,21). The summed E-state index contributed by atoms with van der Waals surface area (Å²) >= 11 is 1.81. The van der Waals surface area contributed by atoms with Crippen LogP contribution in [-0.2, 0) is 20.1 Å². The summed E-state index contributed by atoms with van der Waals surface area (Å²) in [5.74, 6) is 3.16. The van der Waals surface area contributed by atoms with Crippen molar-refractivity contribution in [3.63, 3.8) is 0 Å².